The number of benzene rings is 1. The molecule has 6 nitrogen and oxygen atoms in total. The van der Waals surface area contributed by atoms with Crippen LogP contribution in [-0.4, -0.2) is 40.0 Å². The highest BCUT2D eigenvalue weighted by molar-refractivity contribution is 5.66. The molecule has 0 bridgehead atoms. The van der Waals surface area contributed by atoms with E-state index in [1.54, 1.807) is 18.2 Å². The van der Waals surface area contributed by atoms with Gasteiger partial charge in [0, 0.05) is 30.8 Å². The SMILES string of the molecule is CC(C)N(CCC(=O)O)CCc1ccccc1[N+](=O)[O-]. The molecule has 0 heterocycles. The van der Waals surface area contributed by atoms with E-state index < -0.39 is 5.97 Å². The van der Waals surface area contributed by atoms with E-state index in [1.807, 2.05) is 18.7 Å². The third-order valence-corrected chi connectivity index (χ3v) is 3.20. The number of hydrogen-bond acceptors (Lipinski definition) is 4. The van der Waals surface area contributed by atoms with Crippen molar-refractivity contribution in [3.8, 4) is 0 Å². The summed E-state index contributed by atoms with van der Waals surface area (Å²) < 4.78 is 0. The normalized spacial score (nSPS) is 11.0. The Bertz CT molecular complexity index is 474. The largest absolute Gasteiger partial charge is 0.481 e. The highest BCUT2D eigenvalue weighted by atomic mass is 16.6. The second-order valence-electron chi connectivity index (χ2n) is 4.91. The van der Waals surface area contributed by atoms with E-state index in [-0.39, 0.29) is 23.1 Å². The molecule has 0 aliphatic rings. The molecule has 0 saturated heterocycles. The molecule has 1 aromatic carbocycles. The quantitative estimate of drug-likeness (QED) is 0.583. The summed E-state index contributed by atoms with van der Waals surface area (Å²) in [6.45, 7) is 5.03. The zero-order valence-electron chi connectivity index (χ0n) is 11.8. The average Bonchev–Trinajstić information content (AvgIpc) is 2.38. The van der Waals surface area contributed by atoms with E-state index in [1.165, 1.54) is 6.07 Å². The van der Waals surface area contributed by atoms with Crippen LogP contribution in [0.5, 0.6) is 0 Å². The van der Waals surface area contributed by atoms with Crippen molar-refractivity contribution in [2.45, 2.75) is 32.7 Å². The van der Waals surface area contributed by atoms with Crippen molar-refractivity contribution < 1.29 is 14.8 Å². The summed E-state index contributed by atoms with van der Waals surface area (Å²) in [4.78, 5) is 23.2. The minimum atomic E-state index is -0.832. The predicted molar refractivity (Wildman–Crippen MR) is 75.8 cm³/mol. The van der Waals surface area contributed by atoms with Crippen molar-refractivity contribution in [2.24, 2.45) is 0 Å². The molecule has 1 aromatic rings. The van der Waals surface area contributed by atoms with Gasteiger partial charge in [-0.05, 0) is 20.3 Å². The summed E-state index contributed by atoms with van der Waals surface area (Å²) in [5, 5.41) is 19.7. The lowest BCUT2D eigenvalue weighted by molar-refractivity contribution is -0.385. The van der Waals surface area contributed by atoms with E-state index in [9.17, 15) is 14.9 Å². The third kappa shape index (κ3) is 4.97. The number of hydrogen-bond donors (Lipinski definition) is 1. The first-order valence-electron chi connectivity index (χ1n) is 6.60. The zero-order valence-corrected chi connectivity index (χ0v) is 11.8. The van der Waals surface area contributed by atoms with Crippen LogP contribution >= 0.6 is 0 Å². The lowest BCUT2D eigenvalue weighted by Crippen LogP contribution is -2.34. The van der Waals surface area contributed by atoms with Gasteiger partial charge in [0.25, 0.3) is 5.69 Å². The van der Waals surface area contributed by atoms with E-state index in [0.29, 0.717) is 25.1 Å². The molecule has 1 N–H and O–H groups in total. The standard InChI is InChI=1S/C14H20N2O4/c1-11(2)15(10-8-14(17)18)9-7-12-5-3-4-6-13(12)16(19)20/h3-6,11H,7-10H2,1-2H3,(H,17,18). The minimum absolute atomic E-state index is 0.0784. The minimum Gasteiger partial charge on any atom is -0.481 e. The molecule has 6 heteroatoms. The number of rotatable bonds is 8. The molecule has 0 aromatic heterocycles. The van der Waals surface area contributed by atoms with Crippen LogP contribution in [0.1, 0.15) is 25.8 Å². The van der Waals surface area contributed by atoms with Gasteiger partial charge in [-0.2, -0.15) is 0 Å². The summed E-state index contributed by atoms with van der Waals surface area (Å²) in [5.74, 6) is -0.832. The van der Waals surface area contributed by atoms with Gasteiger partial charge >= 0.3 is 5.97 Å². The van der Waals surface area contributed by atoms with Gasteiger partial charge in [-0.25, -0.2) is 0 Å². The number of nitrogens with zero attached hydrogens (tertiary/aromatic N) is 2. The van der Waals surface area contributed by atoms with Gasteiger partial charge in [0.15, 0.2) is 0 Å². The Hall–Kier alpha value is -1.95. The maximum absolute atomic E-state index is 10.9. The first-order valence-corrected chi connectivity index (χ1v) is 6.60. The molecule has 20 heavy (non-hydrogen) atoms. The van der Waals surface area contributed by atoms with Gasteiger partial charge in [0.2, 0.25) is 0 Å². The van der Waals surface area contributed by atoms with Crippen molar-refractivity contribution >= 4 is 11.7 Å². The molecule has 0 atom stereocenters. The Labute approximate surface area is 118 Å². The van der Waals surface area contributed by atoms with Gasteiger partial charge < -0.3 is 10.0 Å². The van der Waals surface area contributed by atoms with Crippen LogP contribution in [0.25, 0.3) is 0 Å². The van der Waals surface area contributed by atoms with Crippen LogP contribution in [0, 0.1) is 10.1 Å². The molecule has 0 aliphatic carbocycles. The first kappa shape index (κ1) is 16.1. The fourth-order valence-corrected chi connectivity index (χ4v) is 2.03. The fourth-order valence-electron chi connectivity index (χ4n) is 2.03. The topological polar surface area (TPSA) is 83.7 Å². The van der Waals surface area contributed by atoms with Crippen LogP contribution in [0.15, 0.2) is 24.3 Å². The van der Waals surface area contributed by atoms with Crippen molar-refractivity contribution in [1.82, 2.24) is 4.90 Å². The molecular weight excluding hydrogens is 260 g/mol. The molecule has 0 unspecified atom stereocenters. The van der Waals surface area contributed by atoms with Crippen LogP contribution < -0.4 is 0 Å². The maximum Gasteiger partial charge on any atom is 0.304 e. The second-order valence-corrected chi connectivity index (χ2v) is 4.91. The van der Waals surface area contributed by atoms with Crippen LogP contribution in [-0.2, 0) is 11.2 Å². The number of nitro benzene ring substituents is 1. The number of para-hydroxylation sites is 1. The monoisotopic (exact) mass is 280 g/mol. The summed E-state index contributed by atoms with van der Waals surface area (Å²) in [6, 6.07) is 6.86. The van der Waals surface area contributed by atoms with Crippen molar-refractivity contribution in [2.75, 3.05) is 13.1 Å². The van der Waals surface area contributed by atoms with Gasteiger partial charge in [-0.3, -0.25) is 14.9 Å². The highest BCUT2D eigenvalue weighted by Crippen LogP contribution is 2.18. The van der Waals surface area contributed by atoms with E-state index in [2.05, 4.69) is 0 Å². The Balaban J connectivity index is 2.68. The first-order chi connectivity index (χ1) is 9.41. The molecule has 0 fully saturated rings. The summed E-state index contributed by atoms with van der Waals surface area (Å²) in [6.07, 6.45) is 0.615. The maximum atomic E-state index is 10.9. The van der Waals surface area contributed by atoms with Crippen molar-refractivity contribution in [1.29, 1.82) is 0 Å². The molecule has 0 amide bonds. The van der Waals surface area contributed by atoms with Crippen LogP contribution in [0.2, 0.25) is 0 Å². The Kier molecular flexibility index (Phi) is 6.11. The number of carboxylic acid groups (broad SMARTS) is 1. The number of aliphatic carboxylic acids is 1. The van der Waals surface area contributed by atoms with Crippen molar-refractivity contribution in [3.63, 3.8) is 0 Å². The molecule has 0 saturated carbocycles. The molecule has 0 radical (unpaired) electrons. The molecule has 0 aliphatic heterocycles. The molecule has 1 rings (SSSR count). The zero-order chi connectivity index (χ0) is 15.1. The van der Waals surface area contributed by atoms with E-state index >= 15 is 0 Å². The second kappa shape index (κ2) is 7.59. The van der Waals surface area contributed by atoms with Crippen LogP contribution in [0.3, 0.4) is 0 Å². The molecular formula is C14H20N2O4. The predicted octanol–water partition coefficient (Wildman–Crippen LogP) is 2.32. The van der Waals surface area contributed by atoms with Gasteiger partial charge in [0.1, 0.15) is 0 Å². The Morgan fingerprint density at radius 2 is 2.00 bits per heavy atom. The number of nitro groups is 1. The lowest BCUT2D eigenvalue weighted by atomic mass is 10.1. The fraction of sp³-hybridized carbons (Fsp3) is 0.500. The Morgan fingerprint density at radius 1 is 1.35 bits per heavy atom. The van der Waals surface area contributed by atoms with Gasteiger partial charge in [0.05, 0.1) is 11.3 Å². The lowest BCUT2D eigenvalue weighted by Gasteiger charge is -2.25. The number of carbonyl (C=O) groups is 1. The van der Waals surface area contributed by atoms with E-state index in [4.69, 9.17) is 5.11 Å². The third-order valence-electron chi connectivity index (χ3n) is 3.20. The average molecular weight is 280 g/mol. The highest BCUT2D eigenvalue weighted by Gasteiger charge is 2.15. The van der Waals surface area contributed by atoms with Crippen molar-refractivity contribution in [3.05, 3.63) is 39.9 Å². The Morgan fingerprint density at radius 3 is 2.55 bits per heavy atom. The summed E-state index contributed by atoms with van der Waals surface area (Å²) in [7, 11) is 0. The van der Waals surface area contributed by atoms with Gasteiger partial charge in [-0.1, -0.05) is 18.2 Å². The number of carboxylic acids is 1. The summed E-state index contributed by atoms with van der Waals surface area (Å²) in [5.41, 5.74) is 0.799. The van der Waals surface area contributed by atoms with Crippen LogP contribution in [0.4, 0.5) is 5.69 Å². The van der Waals surface area contributed by atoms with E-state index in [0.717, 1.165) is 0 Å². The molecule has 0 spiro atoms. The molecule has 110 valence electrons. The summed E-state index contributed by atoms with van der Waals surface area (Å²) >= 11 is 0. The smallest absolute Gasteiger partial charge is 0.304 e. The van der Waals surface area contributed by atoms with Gasteiger partial charge in [-0.15, -0.1) is 0 Å².